The van der Waals surface area contributed by atoms with Crippen LogP contribution in [0.5, 0.6) is 0 Å². The van der Waals surface area contributed by atoms with E-state index in [0.717, 1.165) is 33.7 Å². The smallest absolute Gasteiger partial charge is 0.150 e. The normalized spacial score (nSPS) is 11.2. The zero-order valence-corrected chi connectivity index (χ0v) is 33.2. The first-order chi connectivity index (χ1) is 31.1. The van der Waals surface area contributed by atoms with E-state index in [2.05, 4.69) is 12.1 Å². The van der Waals surface area contributed by atoms with Crippen LogP contribution in [0.15, 0.2) is 170 Å². The highest BCUT2D eigenvalue weighted by Crippen LogP contribution is 2.49. The van der Waals surface area contributed by atoms with Gasteiger partial charge in [-0.05, 0) is 106 Å². The molecule has 10 rings (SSSR count). The molecular formula is C54H28F6N4. The molecule has 10 aromatic carbocycles. The van der Waals surface area contributed by atoms with Crippen LogP contribution in [0.25, 0.3) is 54.6 Å². The minimum absolute atomic E-state index is 0.0608. The van der Waals surface area contributed by atoms with E-state index in [4.69, 9.17) is 0 Å². The molecule has 0 atom stereocenters. The molecule has 0 aliphatic carbocycles. The molecule has 0 spiro atoms. The Morgan fingerprint density at radius 2 is 0.703 bits per heavy atom. The maximum atomic E-state index is 16.4. The van der Waals surface area contributed by atoms with Crippen LogP contribution >= 0.6 is 0 Å². The summed E-state index contributed by atoms with van der Waals surface area (Å²) >= 11 is 0. The minimum atomic E-state index is -0.959. The first-order valence-corrected chi connectivity index (χ1v) is 19.9. The van der Waals surface area contributed by atoms with Crippen LogP contribution in [0.3, 0.4) is 0 Å². The van der Waals surface area contributed by atoms with Gasteiger partial charge in [-0.2, -0.15) is 10.5 Å². The van der Waals surface area contributed by atoms with Crippen molar-refractivity contribution in [2.75, 3.05) is 9.80 Å². The number of nitriles is 2. The van der Waals surface area contributed by atoms with E-state index in [1.54, 1.807) is 82.6 Å². The molecular weight excluding hydrogens is 819 g/mol. The maximum absolute atomic E-state index is 16.4. The molecule has 0 saturated carbocycles. The van der Waals surface area contributed by atoms with Crippen LogP contribution < -0.4 is 9.80 Å². The van der Waals surface area contributed by atoms with Crippen LogP contribution in [-0.4, -0.2) is 0 Å². The monoisotopic (exact) mass is 846 g/mol. The van der Waals surface area contributed by atoms with Gasteiger partial charge in [0.1, 0.15) is 34.9 Å². The molecule has 0 bridgehead atoms. The van der Waals surface area contributed by atoms with Crippen LogP contribution in [0.4, 0.5) is 60.5 Å². The Labute approximate surface area is 362 Å². The van der Waals surface area contributed by atoms with Gasteiger partial charge in [-0.1, -0.05) is 72.8 Å². The highest BCUT2D eigenvalue weighted by molar-refractivity contribution is 6.28. The topological polar surface area (TPSA) is 54.1 Å². The van der Waals surface area contributed by atoms with E-state index in [0.29, 0.717) is 44.6 Å². The lowest BCUT2D eigenvalue weighted by atomic mass is 9.91. The fourth-order valence-corrected chi connectivity index (χ4v) is 8.54. The molecule has 0 unspecified atom stereocenters. The average Bonchev–Trinajstić information content (AvgIpc) is 3.31. The van der Waals surface area contributed by atoms with E-state index < -0.39 is 34.9 Å². The second-order valence-corrected chi connectivity index (χ2v) is 15.1. The second-order valence-electron chi connectivity index (χ2n) is 15.1. The van der Waals surface area contributed by atoms with Crippen LogP contribution in [0.2, 0.25) is 0 Å². The molecule has 4 nitrogen and oxygen atoms in total. The number of anilines is 6. The Morgan fingerprint density at radius 3 is 1.08 bits per heavy atom. The van der Waals surface area contributed by atoms with Crippen LogP contribution in [0, 0.1) is 57.6 Å². The van der Waals surface area contributed by atoms with Gasteiger partial charge in [0, 0.05) is 56.5 Å². The lowest BCUT2D eigenvalue weighted by molar-refractivity contribution is 0.583. The van der Waals surface area contributed by atoms with Crippen molar-refractivity contribution in [3.63, 3.8) is 0 Å². The van der Waals surface area contributed by atoms with Gasteiger partial charge in [0.15, 0.2) is 0 Å². The van der Waals surface area contributed by atoms with Crippen molar-refractivity contribution in [3.05, 3.63) is 216 Å². The van der Waals surface area contributed by atoms with Gasteiger partial charge in [-0.25, -0.2) is 26.3 Å². The molecule has 0 saturated heterocycles. The van der Waals surface area contributed by atoms with Crippen LogP contribution in [-0.2, 0) is 0 Å². The Morgan fingerprint density at radius 1 is 0.328 bits per heavy atom. The van der Waals surface area contributed by atoms with Gasteiger partial charge in [-0.3, -0.25) is 0 Å². The summed E-state index contributed by atoms with van der Waals surface area (Å²) in [6, 6.07) is 47.2. The van der Waals surface area contributed by atoms with Crippen molar-refractivity contribution in [2.45, 2.75) is 0 Å². The molecule has 0 radical (unpaired) electrons. The zero-order chi connectivity index (χ0) is 44.2. The molecule has 0 fully saturated rings. The SMILES string of the molecule is N#Cc1ccc(N(c2cc(-c3ccccc3F)c(F)cc2F)c2ccc3ccc4c(N(c5ccc(C#N)cc5)c5cc(-c6ccccc6F)c(F)cc5F)ccc5ccc2c3c54)cc1. The number of benzene rings is 10. The standard InChI is InChI=1S/C54H28F6N4/c55-43-7-3-1-5-37(43)41-25-51(47(59)27-45(41)57)63(35-17-9-31(29-61)10-18-35)49-23-15-33-14-22-40-50(24-16-34-13-21-39(49)53(33)54(34)40)64(36-19-11-32(30-62)12-20-36)52-26-42(46(58)28-48(52)60)38-6-2-4-8-44(38)56/h1-28H. The van der Waals surface area contributed by atoms with Crippen molar-refractivity contribution in [1.29, 1.82) is 10.5 Å². The molecule has 0 aromatic heterocycles. The zero-order valence-electron chi connectivity index (χ0n) is 33.2. The van der Waals surface area contributed by atoms with Crippen molar-refractivity contribution in [1.82, 2.24) is 0 Å². The highest BCUT2D eigenvalue weighted by atomic mass is 19.2. The predicted molar refractivity (Wildman–Crippen MR) is 240 cm³/mol. The summed E-state index contributed by atoms with van der Waals surface area (Å²) in [5.41, 5.74) is 1.84. The summed E-state index contributed by atoms with van der Waals surface area (Å²) in [5, 5.41) is 23.6. The molecule has 0 amide bonds. The fourth-order valence-electron chi connectivity index (χ4n) is 8.54. The maximum Gasteiger partial charge on any atom is 0.150 e. The van der Waals surface area contributed by atoms with Gasteiger partial charge in [0.25, 0.3) is 0 Å². The van der Waals surface area contributed by atoms with Gasteiger partial charge in [-0.15, -0.1) is 0 Å². The Balaban J connectivity index is 1.24. The summed E-state index contributed by atoms with van der Waals surface area (Å²) < 4.78 is 94.4. The van der Waals surface area contributed by atoms with E-state index in [-0.39, 0.29) is 33.6 Å². The lowest BCUT2D eigenvalue weighted by Gasteiger charge is -2.30. The largest absolute Gasteiger partial charge is 0.307 e. The molecule has 0 aliphatic heterocycles. The average molecular weight is 847 g/mol. The van der Waals surface area contributed by atoms with Gasteiger partial charge < -0.3 is 9.80 Å². The van der Waals surface area contributed by atoms with Crippen molar-refractivity contribution in [3.8, 4) is 34.4 Å². The molecule has 10 heteroatoms. The molecule has 10 aromatic rings. The van der Waals surface area contributed by atoms with E-state index >= 15 is 26.3 Å². The quantitative estimate of drug-likeness (QED) is 0.113. The summed E-state index contributed by atoms with van der Waals surface area (Å²) in [4.78, 5) is 3.18. The molecule has 0 aliphatic rings. The third kappa shape index (κ3) is 6.57. The molecule has 306 valence electrons. The van der Waals surface area contributed by atoms with E-state index in [1.165, 1.54) is 48.5 Å². The van der Waals surface area contributed by atoms with Crippen molar-refractivity contribution < 1.29 is 26.3 Å². The number of nitrogens with zero attached hydrogens (tertiary/aromatic N) is 4. The molecule has 0 N–H and O–H groups in total. The van der Waals surface area contributed by atoms with E-state index in [9.17, 15) is 10.5 Å². The number of halogens is 6. The van der Waals surface area contributed by atoms with Gasteiger partial charge in [0.2, 0.25) is 0 Å². The number of rotatable bonds is 8. The molecule has 64 heavy (non-hydrogen) atoms. The van der Waals surface area contributed by atoms with Gasteiger partial charge >= 0.3 is 0 Å². The third-order valence-corrected chi connectivity index (χ3v) is 11.5. The summed E-state index contributed by atoms with van der Waals surface area (Å²) in [5.74, 6) is -5.16. The van der Waals surface area contributed by atoms with Crippen molar-refractivity contribution in [2.24, 2.45) is 0 Å². The predicted octanol–water partition coefficient (Wildman–Crippen LogP) is 15.4. The Kier molecular flexibility index (Phi) is 9.70. The Hall–Kier alpha value is -8.60. The second kappa shape index (κ2) is 15.7. The minimum Gasteiger partial charge on any atom is -0.307 e. The summed E-state index contributed by atoms with van der Waals surface area (Å²) in [6.45, 7) is 0. The summed E-state index contributed by atoms with van der Waals surface area (Å²) in [7, 11) is 0. The van der Waals surface area contributed by atoms with E-state index in [1.807, 2.05) is 36.4 Å². The summed E-state index contributed by atoms with van der Waals surface area (Å²) in [6.07, 6.45) is 0. The molecule has 0 heterocycles. The highest BCUT2D eigenvalue weighted by Gasteiger charge is 2.27. The first kappa shape index (κ1) is 39.5. The first-order valence-electron chi connectivity index (χ1n) is 19.9. The fraction of sp³-hybridized carbons (Fsp3) is 0. The number of hydrogen-bond acceptors (Lipinski definition) is 4. The van der Waals surface area contributed by atoms with Crippen molar-refractivity contribution >= 4 is 66.4 Å². The third-order valence-electron chi connectivity index (χ3n) is 11.5. The lowest BCUT2D eigenvalue weighted by Crippen LogP contribution is -2.14. The Bertz CT molecular complexity index is 3320. The van der Waals surface area contributed by atoms with Crippen LogP contribution in [0.1, 0.15) is 11.1 Å². The number of hydrogen-bond donors (Lipinski definition) is 0. The van der Waals surface area contributed by atoms with Gasteiger partial charge in [0.05, 0.1) is 46.0 Å².